The van der Waals surface area contributed by atoms with E-state index in [0.717, 1.165) is 38.0 Å². The van der Waals surface area contributed by atoms with Crippen molar-refractivity contribution in [3.05, 3.63) is 52.2 Å². The molecule has 1 heterocycles. The van der Waals surface area contributed by atoms with Crippen molar-refractivity contribution in [2.45, 2.75) is 19.3 Å². The summed E-state index contributed by atoms with van der Waals surface area (Å²) >= 11 is 1.84. The highest BCUT2D eigenvalue weighted by Crippen LogP contribution is 2.13. The Balaban J connectivity index is 1.66. The zero-order chi connectivity index (χ0) is 13.5. The van der Waals surface area contributed by atoms with Gasteiger partial charge in [0.05, 0.1) is 0 Å². The van der Waals surface area contributed by atoms with Crippen molar-refractivity contribution >= 4 is 17.0 Å². The van der Waals surface area contributed by atoms with Crippen LogP contribution in [-0.4, -0.2) is 25.0 Å². The van der Waals surface area contributed by atoms with E-state index in [2.05, 4.69) is 41.6 Å². The maximum absolute atomic E-state index is 5.95. The van der Waals surface area contributed by atoms with Crippen molar-refractivity contribution in [3.8, 4) is 0 Å². The number of nitrogens with two attached hydrogens (primary N) is 1. The first-order valence-corrected chi connectivity index (χ1v) is 7.68. The van der Waals surface area contributed by atoms with Gasteiger partial charge in [0, 0.05) is 17.1 Å². The Morgan fingerprint density at radius 1 is 1.05 bits per heavy atom. The van der Waals surface area contributed by atoms with Crippen molar-refractivity contribution in [2.24, 2.45) is 0 Å². The van der Waals surface area contributed by atoms with Gasteiger partial charge in [-0.25, -0.2) is 0 Å². The number of para-hydroxylation sites is 1. The zero-order valence-electron chi connectivity index (χ0n) is 11.5. The molecular weight excluding hydrogens is 252 g/mol. The zero-order valence-corrected chi connectivity index (χ0v) is 12.3. The fourth-order valence-electron chi connectivity index (χ4n) is 2.17. The van der Waals surface area contributed by atoms with Crippen molar-refractivity contribution < 1.29 is 0 Å². The third-order valence-electron chi connectivity index (χ3n) is 3.36. The van der Waals surface area contributed by atoms with Gasteiger partial charge < -0.3 is 10.6 Å². The first-order chi connectivity index (χ1) is 9.25. The highest BCUT2D eigenvalue weighted by molar-refractivity contribution is 7.09. The summed E-state index contributed by atoms with van der Waals surface area (Å²) in [4.78, 5) is 3.87. The van der Waals surface area contributed by atoms with Crippen molar-refractivity contribution in [1.82, 2.24) is 4.90 Å². The van der Waals surface area contributed by atoms with E-state index in [1.54, 1.807) is 0 Å². The molecule has 0 atom stereocenters. The second-order valence-electron chi connectivity index (χ2n) is 4.94. The number of rotatable bonds is 7. The molecule has 102 valence electrons. The van der Waals surface area contributed by atoms with Crippen LogP contribution in [0.5, 0.6) is 0 Å². The minimum atomic E-state index is 0.920. The average molecular weight is 274 g/mol. The molecule has 0 saturated heterocycles. The highest BCUT2D eigenvalue weighted by Gasteiger charge is 2.02. The summed E-state index contributed by atoms with van der Waals surface area (Å²) in [5.41, 5.74) is 8.14. The van der Waals surface area contributed by atoms with E-state index in [0.29, 0.717) is 0 Å². The summed E-state index contributed by atoms with van der Waals surface area (Å²) in [6, 6.07) is 12.5. The molecule has 0 unspecified atom stereocenters. The summed E-state index contributed by atoms with van der Waals surface area (Å²) in [5, 5.41) is 2.15. The van der Waals surface area contributed by atoms with Gasteiger partial charge in [0.25, 0.3) is 0 Å². The first-order valence-electron chi connectivity index (χ1n) is 6.80. The molecule has 0 saturated carbocycles. The Bertz CT molecular complexity index is 479. The molecule has 0 aliphatic rings. The molecular formula is C16H22N2S. The Hall–Kier alpha value is -1.32. The van der Waals surface area contributed by atoms with E-state index >= 15 is 0 Å². The summed E-state index contributed by atoms with van der Waals surface area (Å²) in [7, 11) is 2.20. The van der Waals surface area contributed by atoms with Gasteiger partial charge in [-0.2, -0.15) is 0 Å². The minimum absolute atomic E-state index is 0.920. The predicted octanol–water partition coefficient (Wildman–Crippen LogP) is 3.44. The molecule has 0 spiro atoms. The summed E-state index contributed by atoms with van der Waals surface area (Å²) in [5.74, 6) is 0. The van der Waals surface area contributed by atoms with Crippen LogP contribution in [0.25, 0.3) is 0 Å². The molecule has 2 N–H and O–H groups in total. The Morgan fingerprint density at radius 3 is 2.63 bits per heavy atom. The highest BCUT2D eigenvalue weighted by atomic mass is 32.1. The molecule has 0 amide bonds. The first kappa shape index (κ1) is 14.1. The number of benzene rings is 1. The van der Waals surface area contributed by atoms with Crippen LogP contribution in [0.15, 0.2) is 41.8 Å². The van der Waals surface area contributed by atoms with Crippen molar-refractivity contribution in [2.75, 3.05) is 25.9 Å². The van der Waals surface area contributed by atoms with E-state index in [1.165, 1.54) is 10.4 Å². The van der Waals surface area contributed by atoms with E-state index in [9.17, 15) is 0 Å². The van der Waals surface area contributed by atoms with E-state index in [-0.39, 0.29) is 0 Å². The number of hydrogen-bond donors (Lipinski definition) is 1. The van der Waals surface area contributed by atoms with Crippen molar-refractivity contribution in [1.29, 1.82) is 0 Å². The molecule has 0 radical (unpaired) electrons. The third kappa shape index (κ3) is 4.69. The van der Waals surface area contributed by atoms with Gasteiger partial charge in [-0.1, -0.05) is 24.3 Å². The molecule has 0 bridgehead atoms. The molecule has 0 aliphatic heterocycles. The van der Waals surface area contributed by atoms with Crippen LogP contribution in [0.3, 0.4) is 0 Å². The molecule has 1 aromatic carbocycles. The number of thiophene rings is 1. The lowest BCUT2D eigenvalue weighted by molar-refractivity contribution is 0.334. The number of aryl methyl sites for hydroxylation is 1. The summed E-state index contributed by atoms with van der Waals surface area (Å²) in [6.07, 6.45) is 3.38. The topological polar surface area (TPSA) is 29.3 Å². The van der Waals surface area contributed by atoms with E-state index in [1.807, 2.05) is 23.5 Å². The van der Waals surface area contributed by atoms with Gasteiger partial charge >= 0.3 is 0 Å². The fourth-order valence-corrected chi connectivity index (χ4v) is 2.87. The van der Waals surface area contributed by atoms with Gasteiger partial charge in [0.1, 0.15) is 0 Å². The van der Waals surface area contributed by atoms with Crippen LogP contribution in [-0.2, 0) is 12.8 Å². The molecule has 2 aromatic rings. The summed E-state index contributed by atoms with van der Waals surface area (Å²) < 4.78 is 0. The number of hydrogen-bond acceptors (Lipinski definition) is 3. The predicted molar refractivity (Wildman–Crippen MR) is 84.7 cm³/mol. The van der Waals surface area contributed by atoms with E-state index in [4.69, 9.17) is 5.73 Å². The quantitative estimate of drug-likeness (QED) is 0.784. The van der Waals surface area contributed by atoms with Gasteiger partial charge in [0.2, 0.25) is 0 Å². The third-order valence-corrected chi connectivity index (χ3v) is 4.30. The van der Waals surface area contributed by atoms with Gasteiger partial charge in [0.15, 0.2) is 0 Å². The van der Waals surface area contributed by atoms with Crippen LogP contribution in [0.4, 0.5) is 5.69 Å². The Kier molecular flexibility index (Phi) is 5.43. The minimum Gasteiger partial charge on any atom is -0.399 e. The Morgan fingerprint density at radius 2 is 1.89 bits per heavy atom. The molecule has 0 aliphatic carbocycles. The number of nitrogens with zero attached hydrogens (tertiary/aromatic N) is 1. The summed E-state index contributed by atoms with van der Waals surface area (Å²) in [6.45, 7) is 2.25. The molecule has 3 heteroatoms. The number of anilines is 1. The largest absolute Gasteiger partial charge is 0.399 e. The second-order valence-corrected chi connectivity index (χ2v) is 5.97. The monoisotopic (exact) mass is 274 g/mol. The Labute approximate surface area is 119 Å². The average Bonchev–Trinajstić information content (AvgIpc) is 2.92. The van der Waals surface area contributed by atoms with Crippen LogP contribution in [0, 0.1) is 0 Å². The molecule has 1 aromatic heterocycles. The lowest BCUT2D eigenvalue weighted by Gasteiger charge is -2.16. The van der Waals surface area contributed by atoms with Crippen LogP contribution in [0.2, 0.25) is 0 Å². The van der Waals surface area contributed by atoms with Crippen LogP contribution in [0.1, 0.15) is 16.9 Å². The lowest BCUT2D eigenvalue weighted by atomic mass is 10.1. The number of nitrogen functional groups attached to an aromatic ring is 1. The smallest absolute Gasteiger partial charge is 0.0346 e. The van der Waals surface area contributed by atoms with Gasteiger partial charge in [-0.15, -0.1) is 11.3 Å². The standard InChI is InChI=1S/C16H22N2S/c1-18(12-10-15-8-5-13-19-15)11-4-7-14-6-2-3-9-16(14)17/h2-3,5-6,8-9,13H,4,7,10-12,17H2,1H3. The fraction of sp³-hybridized carbons (Fsp3) is 0.375. The van der Waals surface area contributed by atoms with Crippen LogP contribution < -0.4 is 5.73 Å². The van der Waals surface area contributed by atoms with Crippen LogP contribution >= 0.6 is 11.3 Å². The van der Waals surface area contributed by atoms with Gasteiger partial charge in [-0.05, 0) is 55.9 Å². The maximum atomic E-state index is 5.95. The normalized spacial score (nSPS) is 11.1. The second kappa shape index (κ2) is 7.31. The maximum Gasteiger partial charge on any atom is 0.0346 e. The lowest BCUT2D eigenvalue weighted by Crippen LogP contribution is -2.22. The van der Waals surface area contributed by atoms with Gasteiger partial charge in [-0.3, -0.25) is 0 Å². The molecule has 19 heavy (non-hydrogen) atoms. The molecule has 2 rings (SSSR count). The van der Waals surface area contributed by atoms with E-state index < -0.39 is 0 Å². The molecule has 0 fully saturated rings. The molecule has 2 nitrogen and oxygen atoms in total. The van der Waals surface area contributed by atoms with Crippen molar-refractivity contribution in [3.63, 3.8) is 0 Å². The SMILES string of the molecule is CN(CCCc1ccccc1N)CCc1cccs1. The number of likely N-dealkylation sites (N-methyl/N-ethyl adjacent to an activating group) is 1.